The Kier molecular flexibility index (Phi) is 6.35. The number of hydrogen-bond acceptors (Lipinski definition) is 5. The molecule has 3 N–H and O–H groups in total. The van der Waals surface area contributed by atoms with Crippen molar-refractivity contribution in [2.75, 3.05) is 10.6 Å². The molecule has 0 saturated carbocycles. The van der Waals surface area contributed by atoms with E-state index in [1.807, 2.05) is 79.2 Å². The second kappa shape index (κ2) is 9.89. The summed E-state index contributed by atoms with van der Waals surface area (Å²) in [5.41, 5.74) is 3.89. The molecule has 35 heavy (non-hydrogen) atoms. The topological polar surface area (TPSA) is 75.0 Å². The Bertz CT molecular complexity index is 1360. The van der Waals surface area contributed by atoms with E-state index in [1.165, 1.54) is 0 Å². The number of nitrogens with zero attached hydrogens (tertiary/aromatic N) is 3. The molecular weight excluding hydrogens is 434 g/mol. The van der Waals surface area contributed by atoms with Gasteiger partial charge in [0.15, 0.2) is 0 Å². The quantitative estimate of drug-likeness (QED) is 0.244. The zero-order valence-corrected chi connectivity index (χ0v) is 19.9. The molecule has 2 heterocycles. The van der Waals surface area contributed by atoms with Gasteiger partial charge in [0.25, 0.3) is 0 Å². The van der Waals surface area contributed by atoms with Crippen molar-refractivity contribution in [3.8, 4) is 5.88 Å². The molecule has 5 aromatic rings. The van der Waals surface area contributed by atoms with Crippen LogP contribution in [-0.2, 0) is 6.54 Å². The molecular formula is C29H29N5O. The lowest BCUT2D eigenvalue weighted by Crippen LogP contribution is -2.14. The molecule has 2 aromatic heterocycles. The predicted molar refractivity (Wildman–Crippen MR) is 142 cm³/mol. The minimum Gasteiger partial charge on any atom is -0.493 e. The number of nitrogens with one attached hydrogen (secondary N) is 2. The molecule has 0 amide bonds. The van der Waals surface area contributed by atoms with E-state index in [0.29, 0.717) is 23.8 Å². The van der Waals surface area contributed by atoms with Crippen LogP contribution in [0.5, 0.6) is 5.88 Å². The van der Waals surface area contributed by atoms with Crippen molar-refractivity contribution in [2.24, 2.45) is 0 Å². The van der Waals surface area contributed by atoms with Gasteiger partial charge >= 0.3 is 0 Å². The van der Waals surface area contributed by atoms with Crippen LogP contribution in [0.15, 0.2) is 97.2 Å². The molecule has 0 atom stereocenters. The van der Waals surface area contributed by atoms with E-state index in [0.717, 1.165) is 22.1 Å². The highest BCUT2D eigenvalue weighted by Crippen LogP contribution is 2.36. The highest BCUT2D eigenvalue weighted by Gasteiger charge is 2.21. The number of aromatic nitrogens is 3. The van der Waals surface area contributed by atoms with E-state index in [9.17, 15) is 5.11 Å². The van der Waals surface area contributed by atoms with Crippen LogP contribution >= 0.6 is 0 Å². The Morgan fingerprint density at radius 1 is 0.800 bits per heavy atom. The molecule has 3 aromatic carbocycles. The summed E-state index contributed by atoms with van der Waals surface area (Å²) in [5.74, 6) is 1.26. The second-order valence-electron chi connectivity index (χ2n) is 8.85. The molecule has 176 valence electrons. The van der Waals surface area contributed by atoms with Crippen LogP contribution in [0.3, 0.4) is 0 Å². The molecule has 0 aliphatic rings. The summed E-state index contributed by atoms with van der Waals surface area (Å²) >= 11 is 0. The van der Waals surface area contributed by atoms with E-state index < -0.39 is 0 Å². The lowest BCUT2D eigenvalue weighted by Gasteiger charge is -2.21. The highest BCUT2D eigenvalue weighted by molar-refractivity contribution is 5.94. The molecule has 0 aliphatic carbocycles. The predicted octanol–water partition coefficient (Wildman–Crippen LogP) is 6.53. The van der Waals surface area contributed by atoms with Crippen molar-refractivity contribution in [3.05, 3.63) is 114 Å². The van der Waals surface area contributed by atoms with Crippen molar-refractivity contribution in [2.45, 2.75) is 32.5 Å². The Morgan fingerprint density at radius 3 is 1.94 bits per heavy atom. The maximum absolute atomic E-state index is 11.0. The Morgan fingerprint density at radius 2 is 1.37 bits per heavy atom. The van der Waals surface area contributed by atoms with Gasteiger partial charge in [-0.2, -0.15) is 4.98 Å². The lowest BCUT2D eigenvalue weighted by molar-refractivity contribution is 0.404. The highest BCUT2D eigenvalue weighted by atomic mass is 16.3. The summed E-state index contributed by atoms with van der Waals surface area (Å²) in [4.78, 5) is 9.54. The van der Waals surface area contributed by atoms with Gasteiger partial charge in [0.05, 0.1) is 11.4 Å². The third-order valence-corrected chi connectivity index (χ3v) is 6.07. The van der Waals surface area contributed by atoms with Crippen molar-refractivity contribution in [1.82, 2.24) is 14.5 Å². The van der Waals surface area contributed by atoms with E-state index in [1.54, 1.807) is 0 Å². The molecule has 0 saturated heterocycles. The zero-order valence-electron chi connectivity index (χ0n) is 19.9. The number of aromatic hydroxyl groups is 1. The smallest absolute Gasteiger partial charge is 0.225 e. The normalized spacial score (nSPS) is 11.3. The van der Waals surface area contributed by atoms with Crippen LogP contribution < -0.4 is 10.6 Å². The van der Waals surface area contributed by atoms with Gasteiger partial charge in [-0.15, -0.1) is 0 Å². The molecule has 0 bridgehead atoms. The van der Waals surface area contributed by atoms with E-state index in [-0.39, 0.29) is 18.0 Å². The Hall–Kier alpha value is -4.32. The number of anilines is 2. The van der Waals surface area contributed by atoms with Gasteiger partial charge in [0, 0.05) is 18.8 Å². The number of rotatable bonds is 8. The molecule has 5 rings (SSSR count). The molecule has 6 heteroatoms. The maximum Gasteiger partial charge on any atom is 0.225 e. The van der Waals surface area contributed by atoms with Crippen molar-refractivity contribution >= 4 is 22.7 Å². The van der Waals surface area contributed by atoms with Gasteiger partial charge in [0.2, 0.25) is 11.8 Å². The molecule has 0 aliphatic heterocycles. The van der Waals surface area contributed by atoms with Gasteiger partial charge in [-0.25, -0.2) is 4.98 Å². The number of benzene rings is 3. The van der Waals surface area contributed by atoms with Crippen LogP contribution in [0.1, 0.15) is 42.6 Å². The molecule has 0 radical (unpaired) electrons. The van der Waals surface area contributed by atoms with Crippen LogP contribution in [-0.4, -0.2) is 19.6 Å². The summed E-state index contributed by atoms with van der Waals surface area (Å²) in [5, 5.41) is 18.7. The van der Waals surface area contributed by atoms with E-state index in [4.69, 9.17) is 4.98 Å². The average Bonchev–Trinajstić information content (AvgIpc) is 3.24. The largest absolute Gasteiger partial charge is 0.493 e. The zero-order chi connectivity index (χ0) is 24.2. The molecule has 6 nitrogen and oxygen atoms in total. The Balaban J connectivity index is 1.59. The average molecular weight is 464 g/mol. The van der Waals surface area contributed by atoms with Gasteiger partial charge in [-0.05, 0) is 30.5 Å². The minimum atomic E-state index is -0.123. The monoisotopic (exact) mass is 463 g/mol. The van der Waals surface area contributed by atoms with Crippen molar-refractivity contribution in [1.29, 1.82) is 0 Å². The summed E-state index contributed by atoms with van der Waals surface area (Å²) in [7, 11) is 0. The Labute approximate surface area is 205 Å². The first-order chi connectivity index (χ1) is 17.1. The molecule has 0 unspecified atom stereocenters. The lowest BCUT2D eigenvalue weighted by atomic mass is 9.98. The standard InChI is InChI=1S/C29H29N5O/c1-20(2)34-19-24-26(28(34)35)32-29(30-18-21-12-6-3-7-13-21)33-27(24)31-25(22-14-8-4-9-15-22)23-16-10-5-11-17-23/h3-17,19-20,25,35H,18H2,1-2H3,(H2,30,31,32,33). The summed E-state index contributed by atoms with van der Waals surface area (Å²) < 4.78 is 1.82. The molecule has 0 spiro atoms. The van der Waals surface area contributed by atoms with Crippen LogP contribution in [0, 0.1) is 0 Å². The first kappa shape index (κ1) is 22.5. The van der Waals surface area contributed by atoms with Gasteiger partial charge in [-0.1, -0.05) is 91.0 Å². The first-order valence-electron chi connectivity index (χ1n) is 11.9. The van der Waals surface area contributed by atoms with E-state index >= 15 is 0 Å². The second-order valence-corrected chi connectivity index (χ2v) is 8.85. The summed E-state index contributed by atoms with van der Waals surface area (Å²) in [6.07, 6.45) is 1.92. The van der Waals surface area contributed by atoms with E-state index in [2.05, 4.69) is 52.0 Å². The fraction of sp³-hybridized carbons (Fsp3) is 0.172. The third-order valence-electron chi connectivity index (χ3n) is 6.07. The fourth-order valence-electron chi connectivity index (χ4n) is 4.23. The van der Waals surface area contributed by atoms with Gasteiger partial charge in [-0.3, -0.25) is 0 Å². The van der Waals surface area contributed by atoms with Crippen LogP contribution in [0.4, 0.5) is 11.8 Å². The summed E-state index contributed by atoms with van der Waals surface area (Å²) in [6.45, 7) is 4.65. The number of fused-ring (bicyclic) bond motifs is 1. The van der Waals surface area contributed by atoms with Gasteiger partial charge in [0.1, 0.15) is 11.3 Å². The maximum atomic E-state index is 11.0. The third kappa shape index (κ3) is 4.82. The van der Waals surface area contributed by atoms with Gasteiger partial charge < -0.3 is 20.3 Å². The van der Waals surface area contributed by atoms with Crippen LogP contribution in [0.25, 0.3) is 10.9 Å². The SMILES string of the molecule is CC(C)n1cc2c(NC(c3ccccc3)c3ccccc3)nc(NCc3ccccc3)nc2c1O. The number of hydrogen-bond donors (Lipinski definition) is 3. The van der Waals surface area contributed by atoms with Crippen LogP contribution in [0.2, 0.25) is 0 Å². The fourth-order valence-corrected chi connectivity index (χ4v) is 4.23. The van der Waals surface area contributed by atoms with Crippen molar-refractivity contribution < 1.29 is 5.11 Å². The molecule has 0 fully saturated rings. The first-order valence-corrected chi connectivity index (χ1v) is 11.9. The minimum absolute atomic E-state index is 0.0804. The summed E-state index contributed by atoms with van der Waals surface area (Å²) in [6, 6.07) is 30.7. The van der Waals surface area contributed by atoms with Crippen molar-refractivity contribution in [3.63, 3.8) is 0 Å².